The maximum atomic E-state index is 2.73. The SMILES string of the molecule is CC(C)c1ccc2c(-c3cc(C(C)(C)C)cc(C(C)(C)C)c3)c3c(c(-c4cc(C(C)(C)C)cc(C(C)(C)C)c4)c2c1)-c1ccc2c4c1C3CC=C4c1c-2c(-c2cc(C(C)(C)C)cc(C(C)(C)C)c2)c2ccccc2c1-c1cc(C(C)(C)C)cc(C(C)(C)C)c1. The van der Waals surface area contributed by atoms with Gasteiger partial charge >= 0.3 is 0 Å². The first-order valence-corrected chi connectivity index (χ1v) is 33.8. The topological polar surface area (TPSA) is 0 Å². The average Bonchev–Trinajstić information content (AvgIpc) is 1.54. The van der Waals surface area contributed by atoms with Crippen molar-refractivity contribution < 1.29 is 0 Å². The van der Waals surface area contributed by atoms with Crippen LogP contribution in [0.3, 0.4) is 0 Å². The Morgan fingerprint density at radius 2 is 0.607 bits per heavy atom. The first-order chi connectivity index (χ1) is 41.0. The maximum Gasteiger partial charge on any atom is 0.0149 e. The standard InChI is InChI=1S/C89H104/c1-50(2)51-31-32-66-71(45-51)75(55-43-62(88(21,22)23)49-63(44-55)89(24,25)26)81-70-36-35-68-76-67(33-34-69(77(70)76)80(81)74(66)54-41-60(86(15,16)17)48-61(42-54)87(18,19)20)78-72(52-37-56(82(3,4)5)46-57(38-52)83(6,7)8)64-29-27-28-30-65(64)73(79(68)78)53-39-58(84(9,10)11)47-59(40-53)85(12,13)14/h27-33,35-50,69H,34H2,1-26H3. The van der Waals surface area contributed by atoms with Crippen LogP contribution in [-0.2, 0) is 43.3 Å². The minimum atomic E-state index is -0.0669. The number of fused-ring (bicyclic) bond motifs is 8. The van der Waals surface area contributed by atoms with Crippen LogP contribution >= 0.6 is 0 Å². The molecule has 0 aromatic heterocycles. The molecule has 0 heteroatoms. The van der Waals surface area contributed by atoms with Crippen LogP contribution < -0.4 is 0 Å². The molecule has 0 radical (unpaired) electrons. The smallest absolute Gasteiger partial charge is 0.0149 e. The van der Waals surface area contributed by atoms with Crippen LogP contribution in [0.15, 0.2) is 133 Å². The second-order valence-electron chi connectivity index (χ2n) is 36.1. The van der Waals surface area contributed by atoms with Crippen molar-refractivity contribution >= 4 is 27.1 Å². The molecular formula is C89H104. The van der Waals surface area contributed by atoms with Crippen LogP contribution in [0.2, 0.25) is 0 Å². The van der Waals surface area contributed by atoms with Gasteiger partial charge in [0.25, 0.3) is 0 Å². The quantitative estimate of drug-likeness (QED) is 0.161. The molecule has 9 aromatic rings. The van der Waals surface area contributed by atoms with E-state index in [-0.39, 0.29) is 49.2 Å². The Morgan fingerprint density at radius 1 is 0.281 bits per heavy atom. The van der Waals surface area contributed by atoms with E-state index in [0.29, 0.717) is 5.92 Å². The number of hydrogen-bond acceptors (Lipinski definition) is 0. The second-order valence-corrected chi connectivity index (χ2v) is 36.1. The molecule has 1 atom stereocenters. The van der Waals surface area contributed by atoms with E-state index in [0.717, 1.165) is 6.42 Å². The number of allylic oxidation sites excluding steroid dienone is 1. The summed E-state index contributed by atoms with van der Waals surface area (Å²) in [6.07, 6.45) is 3.63. The molecule has 460 valence electrons. The minimum Gasteiger partial charge on any atom is -0.0750 e. The third kappa shape index (κ3) is 10.6. The van der Waals surface area contributed by atoms with Gasteiger partial charge in [0, 0.05) is 5.92 Å². The van der Waals surface area contributed by atoms with Gasteiger partial charge in [-0.1, -0.05) is 313 Å². The fourth-order valence-electron chi connectivity index (χ4n) is 14.9. The lowest BCUT2D eigenvalue weighted by molar-refractivity contribution is 0.568. The van der Waals surface area contributed by atoms with E-state index >= 15 is 0 Å². The van der Waals surface area contributed by atoms with E-state index in [1.165, 1.54) is 166 Å². The molecule has 0 amide bonds. The Labute approximate surface area is 538 Å². The van der Waals surface area contributed by atoms with E-state index in [1.807, 2.05) is 0 Å². The summed E-state index contributed by atoms with van der Waals surface area (Å²) in [5.74, 6) is 0.475. The summed E-state index contributed by atoms with van der Waals surface area (Å²) in [5.41, 5.74) is 35.6. The molecule has 0 nitrogen and oxygen atoms in total. The highest BCUT2D eigenvalue weighted by Crippen LogP contribution is 2.66. The monoisotopic (exact) mass is 1170 g/mol. The molecule has 0 N–H and O–H groups in total. The Morgan fingerprint density at radius 3 is 0.966 bits per heavy atom. The summed E-state index contributed by atoms with van der Waals surface area (Å²) in [7, 11) is 0. The first-order valence-electron chi connectivity index (χ1n) is 33.8. The Balaban J connectivity index is 1.29. The van der Waals surface area contributed by atoms with Crippen molar-refractivity contribution in [1.82, 2.24) is 0 Å². The van der Waals surface area contributed by atoms with Gasteiger partial charge in [0.15, 0.2) is 0 Å². The molecule has 0 spiro atoms. The summed E-state index contributed by atoms with van der Waals surface area (Å²) in [6, 6.07) is 52.9. The number of benzene rings is 9. The van der Waals surface area contributed by atoms with E-state index < -0.39 is 0 Å². The van der Waals surface area contributed by atoms with Crippen LogP contribution in [-0.4, -0.2) is 0 Å². The Hall–Kier alpha value is -6.76. The van der Waals surface area contributed by atoms with Gasteiger partial charge in [-0.3, -0.25) is 0 Å². The Kier molecular flexibility index (Phi) is 14.3. The molecule has 12 rings (SSSR count). The molecule has 0 heterocycles. The minimum absolute atomic E-state index is 0.0619. The molecule has 0 bridgehead atoms. The Bertz CT molecular complexity index is 4320. The number of rotatable bonds is 5. The molecular weight excluding hydrogens is 1070 g/mol. The van der Waals surface area contributed by atoms with Gasteiger partial charge in [-0.25, -0.2) is 0 Å². The van der Waals surface area contributed by atoms with Crippen molar-refractivity contribution in [3.8, 4) is 66.8 Å². The summed E-state index contributed by atoms with van der Waals surface area (Å²) in [5, 5.41) is 5.35. The lowest BCUT2D eigenvalue weighted by Gasteiger charge is -2.30. The molecule has 9 aromatic carbocycles. The third-order valence-electron chi connectivity index (χ3n) is 20.6. The molecule has 0 fully saturated rings. The molecule has 0 aliphatic heterocycles. The summed E-state index contributed by atoms with van der Waals surface area (Å²) in [6.45, 7) is 62.2. The van der Waals surface area contributed by atoms with E-state index in [9.17, 15) is 0 Å². The van der Waals surface area contributed by atoms with E-state index in [2.05, 4.69) is 313 Å². The van der Waals surface area contributed by atoms with Gasteiger partial charge in [0.1, 0.15) is 0 Å². The summed E-state index contributed by atoms with van der Waals surface area (Å²) in [4.78, 5) is 0. The van der Waals surface area contributed by atoms with Gasteiger partial charge in [0.2, 0.25) is 0 Å². The highest BCUT2D eigenvalue weighted by molar-refractivity contribution is 6.24. The van der Waals surface area contributed by atoms with Crippen LogP contribution in [0.25, 0.3) is 93.9 Å². The zero-order valence-corrected chi connectivity index (χ0v) is 59.6. The molecule has 1 unspecified atom stereocenters. The summed E-state index contributed by atoms with van der Waals surface area (Å²) < 4.78 is 0. The zero-order valence-electron chi connectivity index (χ0n) is 59.6. The van der Waals surface area contributed by atoms with E-state index in [1.54, 1.807) is 0 Å². The fourth-order valence-corrected chi connectivity index (χ4v) is 14.9. The fraction of sp³-hybridized carbons (Fsp3) is 0.416. The average molecular weight is 1170 g/mol. The van der Waals surface area contributed by atoms with Gasteiger partial charge < -0.3 is 0 Å². The van der Waals surface area contributed by atoms with Crippen LogP contribution in [0.1, 0.15) is 271 Å². The van der Waals surface area contributed by atoms with Crippen molar-refractivity contribution in [3.63, 3.8) is 0 Å². The molecule has 3 aliphatic rings. The largest absolute Gasteiger partial charge is 0.0750 e. The molecule has 3 aliphatic carbocycles. The first kappa shape index (κ1) is 62.4. The van der Waals surface area contributed by atoms with E-state index in [4.69, 9.17) is 0 Å². The lowest BCUT2D eigenvalue weighted by Crippen LogP contribution is -2.17. The van der Waals surface area contributed by atoms with Crippen molar-refractivity contribution in [2.75, 3.05) is 0 Å². The van der Waals surface area contributed by atoms with Crippen molar-refractivity contribution in [2.24, 2.45) is 0 Å². The van der Waals surface area contributed by atoms with Crippen molar-refractivity contribution in [3.05, 3.63) is 206 Å². The predicted octanol–water partition coefficient (Wildman–Crippen LogP) is 26.1. The molecule has 89 heavy (non-hydrogen) atoms. The van der Waals surface area contributed by atoms with Crippen molar-refractivity contribution in [1.29, 1.82) is 0 Å². The second kappa shape index (κ2) is 20.4. The van der Waals surface area contributed by atoms with Gasteiger partial charge in [-0.15, -0.1) is 0 Å². The molecule has 0 saturated carbocycles. The zero-order chi connectivity index (χ0) is 64.7. The van der Waals surface area contributed by atoms with Crippen LogP contribution in [0.5, 0.6) is 0 Å². The maximum absolute atomic E-state index is 2.73. The highest BCUT2D eigenvalue weighted by atomic mass is 14.5. The van der Waals surface area contributed by atoms with Crippen LogP contribution in [0.4, 0.5) is 0 Å². The third-order valence-corrected chi connectivity index (χ3v) is 20.6. The van der Waals surface area contributed by atoms with Crippen LogP contribution in [0, 0.1) is 0 Å². The number of hydrogen-bond donors (Lipinski definition) is 0. The van der Waals surface area contributed by atoms with Gasteiger partial charge in [0.05, 0.1) is 0 Å². The van der Waals surface area contributed by atoms with Gasteiger partial charge in [-0.2, -0.15) is 0 Å². The predicted molar refractivity (Wildman–Crippen MR) is 391 cm³/mol. The normalized spacial score (nSPS) is 15.3. The lowest BCUT2D eigenvalue weighted by atomic mass is 9.74. The van der Waals surface area contributed by atoms with Crippen molar-refractivity contribution in [2.45, 2.75) is 242 Å². The highest BCUT2D eigenvalue weighted by Gasteiger charge is 2.45. The molecule has 0 saturated heterocycles. The summed E-state index contributed by atoms with van der Waals surface area (Å²) >= 11 is 0. The van der Waals surface area contributed by atoms with Gasteiger partial charge in [-0.05, 0) is 222 Å².